The number of aliphatic imine (C=N–C) groups is 1. The molecule has 1 aromatic rings. The Kier molecular flexibility index (Phi) is 11.8. The molecule has 0 amide bonds. The maximum Gasteiger partial charge on any atom is 0.155 e. The van der Waals surface area contributed by atoms with E-state index in [1.165, 1.54) is 0 Å². The van der Waals surface area contributed by atoms with Gasteiger partial charge in [0.25, 0.3) is 0 Å². The van der Waals surface area contributed by atoms with E-state index in [1.807, 2.05) is 47.6 Å². The highest BCUT2D eigenvalue weighted by atomic mass is 15.3. The largest absolute Gasteiger partial charge is 0.349 e. The molecule has 2 heterocycles. The zero-order valence-electron chi connectivity index (χ0n) is 18.1. The van der Waals surface area contributed by atoms with Crippen LogP contribution >= 0.6 is 0 Å². The Labute approximate surface area is 160 Å². The number of amidine groups is 1. The van der Waals surface area contributed by atoms with Gasteiger partial charge in [0.15, 0.2) is 5.84 Å². The summed E-state index contributed by atoms with van der Waals surface area (Å²) in [5.41, 5.74) is 9.68. The lowest BCUT2D eigenvalue weighted by Crippen LogP contribution is -2.59. The second-order valence-electron chi connectivity index (χ2n) is 6.13. The molecule has 2 atom stereocenters. The summed E-state index contributed by atoms with van der Waals surface area (Å²) >= 11 is 0. The van der Waals surface area contributed by atoms with Crippen molar-refractivity contribution in [3.05, 3.63) is 41.4 Å². The predicted octanol–water partition coefficient (Wildman–Crippen LogP) is 3.65. The molecule has 3 N–H and O–H groups in total. The zero-order valence-corrected chi connectivity index (χ0v) is 18.1. The molecular formula is C21H39N5. The van der Waals surface area contributed by atoms with Crippen molar-refractivity contribution in [3.63, 3.8) is 0 Å². The fourth-order valence-corrected chi connectivity index (χ4v) is 2.67. The van der Waals surface area contributed by atoms with Gasteiger partial charge in [0, 0.05) is 43.1 Å². The molecule has 1 aromatic heterocycles. The van der Waals surface area contributed by atoms with Gasteiger partial charge in [-0.3, -0.25) is 0 Å². The topological polar surface area (TPSA) is 66.5 Å². The fourth-order valence-electron chi connectivity index (χ4n) is 2.67. The summed E-state index contributed by atoms with van der Waals surface area (Å²) in [6.45, 7) is 22.5. The molecule has 1 aliphatic rings. The van der Waals surface area contributed by atoms with Crippen LogP contribution in [0.5, 0.6) is 0 Å². The highest BCUT2D eigenvalue weighted by molar-refractivity contribution is 5.99. The third-order valence-corrected chi connectivity index (χ3v) is 3.95. The van der Waals surface area contributed by atoms with Gasteiger partial charge in [-0.25, -0.2) is 9.98 Å². The van der Waals surface area contributed by atoms with Crippen molar-refractivity contribution in [2.45, 2.75) is 67.5 Å². The van der Waals surface area contributed by atoms with E-state index in [1.54, 1.807) is 0 Å². The van der Waals surface area contributed by atoms with Gasteiger partial charge in [-0.1, -0.05) is 40.3 Å². The SMILES string of the molecule is C=C(C)N=C(c1nc(C)ccc1C)N1C[C@@H](CN)NCC1C.CC.CC. The van der Waals surface area contributed by atoms with Gasteiger partial charge in [-0.05, 0) is 39.3 Å². The van der Waals surface area contributed by atoms with Gasteiger partial charge in [0.1, 0.15) is 5.69 Å². The Morgan fingerprint density at radius 3 is 2.46 bits per heavy atom. The highest BCUT2D eigenvalue weighted by Crippen LogP contribution is 2.17. The van der Waals surface area contributed by atoms with E-state index in [0.717, 1.165) is 41.6 Å². The van der Waals surface area contributed by atoms with Gasteiger partial charge in [0.2, 0.25) is 0 Å². The van der Waals surface area contributed by atoms with E-state index in [9.17, 15) is 0 Å². The van der Waals surface area contributed by atoms with E-state index < -0.39 is 0 Å². The fraction of sp³-hybridized carbons (Fsp3) is 0.619. The standard InChI is InChI=1S/C17H27N5.2C2H6/c1-11(2)20-17(16-12(3)6-7-13(4)21-16)22-10-15(8-18)19-9-14(22)5;2*1-2/h6-7,14-15,19H,1,8-10,18H2,2-5H3;2*1-2H3/t14?,15-;;/m1../s1. The van der Waals surface area contributed by atoms with Gasteiger partial charge in [-0.15, -0.1) is 0 Å². The third-order valence-electron chi connectivity index (χ3n) is 3.95. The first-order chi connectivity index (χ1) is 12.4. The molecule has 0 radical (unpaired) electrons. The molecular weight excluding hydrogens is 322 g/mol. The number of aryl methyl sites for hydroxylation is 2. The van der Waals surface area contributed by atoms with Crippen molar-refractivity contribution in [1.82, 2.24) is 15.2 Å². The summed E-state index contributed by atoms with van der Waals surface area (Å²) in [7, 11) is 0. The summed E-state index contributed by atoms with van der Waals surface area (Å²) in [6.07, 6.45) is 0. The second-order valence-corrected chi connectivity index (χ2v) is 6.13. The molecule has 0 bridgehead atoms. The number of allylic oxidation sites excluding steroid dienone is 1. The Bertz CT molecular complexity index is 580. The molecule has 1 aliphatic heterocycles. The van der Waals surface area contributed by atoms with Crippen LogP contribution in [-0.2, 0) is 0 Å². The van der Waals surface area contributed by atoms with Crippen LogP contribution in [0.1, 0.15) is 58.5 Å². The number of hydrogen-bond acceptors (Lipinski definition) is 4. The van der Waals surface area contributed by atoms with E-state index in [-0.39, 0.29) is 6.04 Å². The molecule has 0 saturated carbocycles. The van der Waals surface area contributed by atoms with Crippen molar-refractivity contribution in [3.8, 4) is 0 Å². The third kappa shape index (κ3) is 6.89. The molecule has 0 aliphatic carbocycles. The zero-order chi connectivity index (χ0) is 20.3. The minimum Gasteiger partial charge on any atom is -0.349 e. The average Bonchev–Trinajstić information content (AvgIpc) is 2.65. The smallest absolute Gasteiger partial charge is 0.155 e. The first-order valence-electron chi connectivity index (χ1n) is 9.81. The molecule has 0 aromatic carbocycles. The van der Waals surface area contributed by atoms with Crippen LogP contribution < -0.4 is 11.1 Å². The van der Waals surface area contributed by atoms with Crippen molar-refractivity contribution in [2.24, 2.45) is 10.7 Å². The maximum absolute atomic E-state index is 5.84. The van der Waals surface area contributed by atoms with Crippen molar-refractivity contribution in [2.75, 3.05) is 19.6 Å². The van der Waals surface area contributed by atoms with Crippen LogP contribution in [0.4, 0.5) is 0 Å². The monoisotopic (exact) mass is 361 g/mol. The lowest BCUT2D eigenvalue weighted by molar-refractivity contribution is 0.228. The first-order valence-corrected chi connectivity index (χ1v) is 9.81. The summed E-state index contributed by atoms with van der Waals surface area (Å²) in [4.78, 5) is 11.7. The lowest BCUT2D eigenvalue weighted by atomic mass is 10.1. The van der Waals surface area contributed by atoms with E-state index in [2.05, 4.69) is 36.7 Å². The maximum atomic E-state index is 5.84. The Morgan fingerprint density at radius 1 is 1.31 bits per heavy atom. The average molecular weight is 362 g/mol. The van der Waals surface area contributed by atoms with Crippen molar-refractivity contribution < 1.29 is 0 Å². The Morgan fingerprint density at radius 2 is 1.92 bits per heavy atom. The normalized spacial score (nSPS) is 19.7. The number of nitrogens with zero attached hydrogens (tertiary/aromatic N) is 3. The molecule has 2 rings (SSSR count). The number of pyridine rings is 1. The molecule has 5 heteroatoms. The van der Waals surface area contributed by atoms with Gasteiger partial charge in [-0.2, -0.15) is 0 Å². The number of rotatable bonds is 3. The second kappa shape index (κ2) is 12.6. The first kappa shape index (κ1) is 24.3. The van der Waals surface area contributed by atoms with Gasteiger partial charge < -0.3 is 16.0 Å². The molecule has 1 unspecified atom stereocenters. The number of nitrogens with two attached hydrogens (primary N) is 1. The van der Waals surface area contributed by atoms with Crippen LogP contribution in [0.15, 0.2) is 29.4 Å². The molecule has 0 spiro atoms. The van der Waals surface area contributed by atoms with E-state index in [4.69, 9.17) is 15.7 Å². The highest BCUT2D eigenvalue weighted by Gasteiger charge is 2.28. The predicted molar refractivity (Wildman–Crippen MR) is 115 cm³/mol. The molecule has 1 saturated heterocycles. The summed E-state index contributed by atoms with van der Waals surface area (Å²) < 4.78 is 0. The van der Waals surface area contributed by atoms with Crippen LogP contribution in [0.2, 0.25) is 0 Å². The number of hydrogen-bond donors (Lipinski definition) is 2. The minimum atomic E-state index is 0.275. The number of piperazine rings is 1. The number of nitrogens with one attached hydrogen (secondary N) is 1. The number of aromatic nitrogens is 1. The van der Waals surface area contributed by atoms with Crippen LogP contribution in [-0.4, -0.2) is 47.4 Å². The van der Waals surface area contributed by atoms with Crippen molar-refractivity contribution in [1.29, 1.82) is 0 Å². The van der Waals surface area contributed by atoms with Gasteiger partial charge >= 0.3 is 0 Å². The van der Waals surface area contributed by atoms with E-state index in [0.29, 0.717) is 12.6 Å². The Hall–Kier alpha value is -1.72. The van der Waals surface area contributed by atoms with Crippen LogP contribution in [0.3, 0.4) is 0 Å². The van der Waals surface area contributed by atoms with Crippen LogP contribution in [0, 0.1) is 13.8 Å². The molecule has 1 fully saturated rings. The summed E-state index contributed by atoms with van der Waals surface area (Å²) in [5, 5.41) is 3.47. The summed E-state index contributed by atoms with van der Waals surface area (Å²) in [5.74, 6) is 0.904. The van der Waals surface area contributed by atoms with Gasteiger partial charge in [0.05, 0.1) is 0 Å². The molecule has 26 heavy (non-hydrogen) atoms. The minimum absolute atomic E-state index is 0.275. The Balaban J connectivity index is 0.00000146. The quantitative estimate of drug-likeness (QED) is 0.637. The summed E-state index contributed by atoms with van der Waals surface area (Å²) in [6, 6.07) is 4.74. The van der Waals surface area contributed by atoms with Crippen molar-refractivity contribution >= 4 is 5.84 Å². The lowest BCUT2D eigenvalue weighted by Gasteiger charge is -2.40. The van der Waals surface area contributed by atoms with Crippen LogP contribution in [0.25, 0.3) is 0 Å². The van der Waals surface area contributed by atoms with E-state index >= 15 is 0 Å². The molecule has 5 nitrogen and oxygen atoms in total. The molecule has 148 valence electrons.